The molecule has 2 aromatic rings. The summed E-state index contributed by atoms with van der Waals surface area (Å²) in [6, 6.07) is 8.76. The number of aromatic nitrogens is 2. The van der Waals surface area contributed by atoms with Gasteiger partial charge >= 0.3 is 0 Å². The van der Waals surface area contributed by atoms with E-state index in [2.05, 4.69) is 84.8 Å². The number of nitrogens with zero attached hydrogens (tertiary/aromatic N) is 4. The van der Waals surface area contributed by atoms with E-state index < -0.39 is 0 Å². The Bertz CT molecular complexity index is 766. The Hall–Kier alpha value is -1.77. The highest BCUT2D eigenvalue weighted by molar-refractivity contribution is 14.0. The van der Waals surface area contributed by atoms with E-state index in [9.17, 15) is 0 Å². The van der Waals surface area contributed by atoms with Crippen molar-refractivity contribution in [3.63, 3.8) is 0 Å². The van der Waals surface area contributed by atoms with Gasteiger partial charge in [-0.05, 0) is 50.5 Å². The van der Waals surface area contributed by atoms with Crippen LogP contribution in [0.2, 0.25) is 0 Å². The third-order valence-corrected chi connectivity index (χ3v) is 4.66. The van der Waals surface area contributed by atoms with Gasteiger partial charge in [-0.15, -0.1) is 24.0 Å². The van der Waals surface area contributed by atoms with Crippen molar-refractivity contribution < 1.29 is 0 Å². The van der Waals surface area contributed by atoms with Gasteiger partial charge in [-0.1, -0.05) is 12.1 Å². The second-order valence-corrected chi connectivity index (χ2v) is 7.01. The first-order chi connectivity index (χ1) is 12.3. The maximum absolute atomic E-state index is 4.50. The standard InChI is InChI=1S/C20H32N6.HI/c1-14(11-19-15(2)24-26(7)16(19)3)23-20(21-4)22-13-17-9-8-10-18(12-17)25(5)6;/h8-10,12,14H,11,13H2,1-7H3,(H2,21,22,23);1H. The van der Waals surface area contributed by atoms with E-state index in [-0.39, 0.29) is 30.0 Å². The molecule has 0 aliphatic rings. The van der Waals surface area contributed by atoms with Gasteiger partial charge in [-0.2, -0.15) is 5.10 Å². The first kappa shape index (κ1) is 23.3. The molecule has 1 aromatic carbocycles. The zero-order chi connectivity index (χ0) is 19.3. The van der Waals surface area contributed by atoms with E-state index in [4.69, 9.17) is 0 Å². The van der Waals surface area contributed by atoms with E-state index in [1.165, 1.54) is 22.5 Å². The van der Waals surface area contributed by atoms with Crippen molar-refractivity contribution in [3.8, 4) is 0 Å². The van der Waals surface area contributed by atoms with Crippen molar-refractivity contribution in [2.75, 3.05) is 26.0 Å². The highest BCUT2D eigenvalue weighted by atomic mass is 127. The lowest BCUT2D eigenvalue weighted by Crippen LogP contribution is -2.42. The van der Waals surface area contributed by atoms with Crippen LogP contribution in [-0.4, -0.2) is 42.9 Å². The fourth-order valence-corrected chi connectivity index (χ4v) is 3.03. The minimum Gasteiger partial charge on any atom is -0.378 e. The molecule has 150 valence electrons. The maximum atomic E-state index is 4.50. The molecule has 0 bridgehead atoms. The molecule has 1 unspecified atom stereocenters. The van der Waals surface area contributed by atoms with Crippen LogP contribution < -0.4 is 15.5 Å². The van der Waals surface area contributed by atoms with Crippen molar-refractivity contribution >= 4 is 35.6 Å². The van der Waals surface area contributed by atoms with Crippen LogP contribution in [0.3, 0.4) is 0 Å². The summed E-state index contributed by atoms with van der Waals surface area (Å²) >= 11 is 0. The monoisotopic (exact) mass is 484 g/mol. The minimum absolute atomic E-state index is 0. The zero-order valence-corrected chi connectivity index (χ0v) is 19.8. The lowest BCUT2D eigenvalue weighted by molar-refractivity contribution is 0.635. The average Bonchev–Trinajstić information content (AvgIpc) is 2.85. The quantitative estimate of drug-likeness (QED) is 0.376. The Morgan fingerprint density at radius 2 is 2.00 bits per heavy atom. The molecule has 27 heavy (non-hydrogen) atoms. The molecular weight excluding hydrogens is 451 g/mol. The van der Waals surface area contributed by atoms with Crippen LogP contribution in [0.4, 0.5) is 5.69 Å². The Labute approximate surface area is 180 Å². The van der Waals surface area contributed by atoms with Gasteiger partial charge in [-0.25, -0.2) is 0 Å². The second-order valence-electron chi connectivity index (χ2n) is 7.01. The summed E-state index contributed by atoms with van der Waals surface area (Å²) < 4.78 is 1.95. The summed E-state index contributed by atoms with van der Waals surface area (Å²) in [6.07, 6.45) is 0.919. The third kappa shape index (κ3) is 6.41. The molecular formula is C20H33IN6. The molecule has 0 amide bonds. The lowest BCUT2D eigenvalue weighted by atomic mass is 10.1. The van der Waals surface area contributed by atoms with Gasteiger partial charge in [0.15, 0.2) is 5.96 Å². The molecule has 0 saturated carbocycles. The number of nitrogens with one attached hydrogen (secondary N) is 2. The van der Waals surface area contributed by atoms with Gasteiger partial charge in [0.2, 0.25) is 0 Å². The summed E-state index contributed by atoms with van der Waals surface area (Å²) in [4.78, 5) is 6.46. The topological polar surface area (TPSA) is 57.5 Å². The van der Waals surface area contributed by atoms with Crippen molar-refractivity contribution in [3.05, 3.63) is 46.8 Å². The average molecular weight is 484 g/mol. The van der Waals surface area contributed by atoms with E-state index in [0.29, 0.717) is 0 Å². The number of aryl methyl sites for hydroxylation is 2. The van der Waals surface area contributed by atoms with Crippen LogP contribution in [0, 0.1) is 13.8 Å². The van der Waals surface area contributed by atoms with E-state index in [1.807, 2.05) is 11.7 Å². The van der Waals surface area contributed by atoms with Gasteiger partial charge in [0.05, 0.1) is 5.69 Å². The molecule has 6 nitrogen and oxygen atoms in total. The van der Waals surface area contributed by atoms with Gasteiger partial charge < -0.3 is 15.5 Å². The molecule has 2 N–H and O–H groups in total. The smallest absolute Gasteiger partial charge is 0.191 e. The van der Waals surface area contributed by atoms with Crippen molar-refractivity contribution in [2.24, 2.45) is 12.0 Å². The molecule has 0 saturated heterocycles. The number of benzene rings is 1. The Morgan fingerprint density at radius 1 is 1.30 bits per heavy atom. The number of hydrogen-bond acceptors (Lipinski definition) is 3. The van der Waals surface area contributed by atoms with Crippen LogP contribution in [0.1, 0.15) is 29.4 Å². The normalized spacial score (nSPS) is 12.3. The molecule has 1 heterocycles. The molecule has 0 aliphatic carbocycles. The van der Waals surface area contributed by atoms with E-state index in [1.54, 1.807) is 7.05 Å². The summed E-state index contributed by atoms with van der Waals surface area (Å²) in [7, 11) is 7.90. The number of anilines is 1. The second kappa shape index (κ2) is 10.5. The molecule has 7 heteroatoms. The van der Waals surface area contributed by atoms with E-state index >= 15 is 0 Å². The Morgan fingerprint density at radius 3 is 2.56 bits per heavy atom. The third-order valence-electron chi connectivity index (χ3n) is 4.66. The predicted octanol–water partition coefficient (Wildman–Crippen LogP) is 3.02. The number of guanidine groups is 1. The molecule has 0 radical (unpaired) electrons. The SMILES string of the molecule is CN=C(NCc1cccc(N(C)C)c1)NC(C)Cc1c(C)nn(C)c1C.I. The van der Waals surface area contributed by atoms with Crippen LogP contribution in [0.15, 0.2) is 29.3 Å². The first-order valence-electron chi connectivity index (χ1n) is 9.04. The van der Waals surface area contributed by atoms with Crippen molar-refractivity contribution in [1.82, 2.24) is 20.4 Å². The number of rotatable bonds is 6. The number of aliphatic imine (C=N–C) groups is 1. The number of hydrogen-bond donors (Lipinski definition) is 2. The molecule has 0 fully saturated rings. The molecule has 2 rings (SSSR count). The van der Waals surface area contributed by atoms with Crippen LogP contribution in [-0.2, 0) is 20.0 Å². The van der Waals surface area contributed by atoms with E-state index in [0.717, 1.165) is 24.6 Å². The molecule has 1 aromatic heterocycles. The minimum atomic E-state index is 0. The first-order valence-corrected chi connectivity index (χ1v) is 9.04. The lowest BCUT2D eigenvalue weighted by Gasteiger charge is -2.19. The van der Waals surface area contributed by atoms with Gasteiger partial charge in [0.25, 0.3) is 0 Å². The zero-order valence-electron chi connectivity index (χ0n) is 17.5. The number of halogens is 1. The largest absolute Gasteiger partial charge is 0.378 e. The van der Waals surface area contributed by atoms with Crippen LogP contribution in [0.25, 0.3) is 0 Å². The van der Waals surface area contributed by atoms with Gasteiger partial charge in [0, 0.05) is 52.2 Å². The summed E-state index contributed by atoms with van der Waals surface area (Å²) in [5.41, 5.74) is 6.05. The van der Waals surface area contributed by atoms with Gasteiger partial charge in [0.1, 0.15) is 0 Å². The Kier molecular flexibility index (Phi) is 9.08. The van der Waals surface area contributed by atoms with Gasteiger partial charge in [-0.3, -0.25) is 9.67 Å². The highest BCUT2D eigenvalue weighted by Gasteiger charge is 2.14. The Balaban J connectivity index is 0.00000364. The summed E-state index contributed by atoms with van der Waals surface area (Å²) in [5, 5.41) is 11.4. The summed E-state index contributed by atoms with van der Waals surface area (Å²) in [6.45, 7) is 7.09. The fraction of sp³-hybridized carbons (Fsp3) is 0.500. The van der Waals surface area contributed by atoms with Crippen molar-refractivity contribution in [1.29, 1.82) is 0 Å². The molecule has 1 atom stereocenters. The molecule has 0 aliphatic heterocycles. The fourth-order valence-electron chi connectivity index (χ4n) is 3.03. The maximum Gasteiger partial charge on any atom is 0.191 e. The molecule has 0 spiro atoms. The van der Waals surface area contributed by atoms with Crippen LogP contribution in [0.5, 0.6) is 0 Å². The predicted molar refractivity (Wildman–Crippen MR) is 125 cm³/mol. The summed E-state index contributed by atoms with van der Waals surface area (Å²) in [5.74, 6) is 0.812. The van der Waals surface area contributed by atoms with Crippen LogP contribution >= 0.6 is 24.0 Å². The van der Waals surface area contributed by atoms with Crippen molar-refractivity contribution in [2.45, 2.75) is 39.8 Å². The highest BCUT2D eigenvalue weighted by Crippen LogP contribution is 2.15.